The van der Waals surface area contributed by atoms with Crippen molar-refractivity contribution in [3.8, 4) is 5.75 Å². The van der Waals surface area contributed by atoms with Crippen LogP contribution in [0.15, 0.2) is 40.8 Å². The van der Waals surface area contributed by atoms with Crippen LogP contribution in [0.25, 0.3) is 0 Å². The number of aryl methyl sites for hydroxylation is 1. The van der Waals surface area contributed by atoms with Crippen molar-refractivity contribution >= 4 is 5.91 Å². The number of carbonyl (C=O) groups excluding carboxylic acids is 1. The molecule has 27 heavy (non-hydrogen) atoms. The summed E-state index contributed by atoms with van der Waals surface area (Å²) in [6.07, 6.45) is 2.30. The monoisotopic (exact) mass is 368 g/mol. The number of rotatable bonds is 3. The number of nitrogens with zero attached hydrogens (tertiary/aromatic N) is 2. The van der Waals surface area contributed by atoms with Gasteiger partial charge in [0.15, 0.2) is 0 Å². The Morgan fingerprint density at radius 2 is 2.04 bits per heavy atom. The molecular formula is C22H28N2O3. The normalized spacial score (nSPS) is 23.4. The first-order chi connectivity index (χ1) is 13.1. The van der Waals surface area contributed by atoms with E-state index in [-0.39, 0.29) is 12.0 Å². The maximum atomic E-state index is 12.1. The molecule has 0 N–H and O–H groups in total. The topological polar surface area (TPSA) is 45.9 Å². The number of amides is 1. The predicted octanol–water partition coefficient (Wildman–Crippen LogP) is 3.61. The average Bonchev–Trinajstić information content (AvgIpc) is 2.96. The van der Waals surface area contributed by atoms with Gasteiger partial charge in [0.05, 0.1) is 13.1 Å². The van der Waals surface area contributed by atoms with E-state index < -0.39 is 0 Å². The summed E-state index contributed by atoms with van der Waals surface area (Å²) in [5.74, 6) is 3.41. The number of piperidine rings is 1. The van der Waals surface area contributed by atoms with E-state index in [0.717, 1.165) is 55.3 Å². The van der Waals surface area contributed by atoms with Gasteiger partial charge in [-0.1, -0.05) is 18.2 Å². The minimum Gasteiger partial charge on any atom is -0.488 e. The van der Waals surface area contributed by atoms with E-state index in [0.29, 0.717) is 19.0 Å². The lowest BCUT2D eigenvalue weighted by molar-refractivity contribution is -0.130. The molecule has 2 aliphatic rings. The number of benzene rings is 1. The van der Waals surface area contributed by atoms with Crippen LogP contribution < -0.4 is 4.74 Å². The van der Waals surface area contributed by atoms with Crippen molar-refractivity contribution in [1.29, 1.82) is 0 Å². The second-order valence-corrected chi connectivity index (χ2v) is 7.81. The molecule has 2 atom stereocenters. The molecule has 0 unspecified atom stereocenters. The molecule has 2 aromatic rings. The van der Waals surface area contributed by atoms with Gasteiger partial charge in [0, 0.05) is 31.5 Å². The van der Waals surface area contributed by atoms with Gasteiger partial charge >= 0.3 is 0 Å². The molecule has 0 spiro atoms. The molecule has 0 aliphatic carbocycles. The van der Waals surface area contributed by atoms with E-state index in [4.69, 9.17) is 9.15 Å². The van der Waals surface area contributed by atoms with E-state index in [1.807, 2.05) is 36.1 Å². The number of hydrogen-bond acceptors (Lipinski definition) is 4. The van der Waals surface area contributed by atoms with E-state index in [2.05, 4.69) is 17.0 Å². The van der Waals surface area contributed by atoms with Gasteiger partial charge in [-0.15, -0.1) is 0 Å². The van der Waals surface area contributed by atoms with Crippen LogP contribution in [-0.4, -0.2) is 41.4 Å². The molecule has 5 nitrogen and oxygen atoms in total. The van der Waals surface area contributed by atoms with Crippen LogP contribution in [-0.2, 0) is 17.9 Å². The Balaban J connectivity index is 1.49. The van der Waals surface area contributed by atoms with Gasteiger partial charge in [0.25, 0.3) is 0 Å². The highest BCUT2D eigenvalue weighted by atomic mass is 16.5. The standard InChI is InChI=1S/C22H28N2O3/c1-16-9-10-20(26-16)14-23-11-5-7-18(12-23)22-15-24(17(2)25)13-19-6-3-4-8-21(19)27-22/h3-4,6,8-10,18,22H,5,7,11-15H2,1-2H3/t18-,22-/m1/s1. The Morgan fingerprint density at radius 3 is 2.81 bits per heavy atom. The van der Waals surface area contributed by atoms with E-state index in [1.54, 1.807) is 6.92 Å². The molecule has 1 fully saturated rings. The molecule has 3 heterocycles. The molecule has 144 valence electrons. The number of likely N-dealkylation sites (tertiary alicyclic amines) is 1. The van der Waals surface area contributed by atoms with Gasteiger partial charge in [-0.25, -0.2) is 0 Å². The van der Waals surface area contributed by atoms with Crippen molar-refractivity contribution in [2.24, 2.45) is 5.92 Å². The smallest absolute Gasteiger partial charge is 0.219 e. The Kier molecular flexibility index (Phi) is 5.21. The van der Waals surface area contributed by atoms with Crippen molar-refractivity contribution in [3.05, 3.63) is 53.5 Å². The fourth-order valence-corrected chi connectivity index (χ4v) is 4.25. The molecule has 1 saturated heterocycles. The third-order valence-electron chi connectivity index (χ3n) is 5.70. The Labute approximate surface area is 160 Å². The first-order valence-corrected chi connectivity index (χ1v) is 9.86. The third kappa shape index (κ3) is 4.19. The van der Waals surface area contributed by atoms with Crippen LogP contribution in [0.1, 0.15) is 36.8 Å². The van der Waals surface area contributed by atoms with Crippen molar-refractivity contribution in [3.63, 3.8) is 0 Å². The molecule has 5 heteroatoms. The molecule has 4 rings (SSSR count). The molecule has 1 aromatic carbocycles. The largest absolute Gasteiger partial charge is 0.488 e. The summed E-state index contributed by atoms with van der Waals surface area (Å²) in [5.41, 5.74) is 1.09. The van der Waals surface area contributed by atoms with Crippen molar-refractivity contribution in [2.75, 3.05) is 19.6 Å². The van der Waals surface area contributed by atoms with Crippen LogP contribution >= 0.6 is 0 Å². The molecule has 0 saturated carbocycles. The Bertz CT molecular complexity index is 800. The lowest BCUT2D eigenvalue weighted by atomic mass is 9.92. The summed E-state index contributed by atoms with van der Waals surface area (Å²) in [5, 5.41) is 0. The van der Waals surface area contributed by atoms with Crippen LogP contribution in [0.5, 0.6) is 5.75 Å². The number of ether oxygens (including phenoxy) is 1. The van der Waals surface area contributed by atoms with Crippen LogP contribution in [0.3, 0.4) is 0 Å². The Hall–Kier alpha value is -2.27. The average molecular weight is 368 g/mol. The van der Waals surface area contributed by atoms with Crippen LogP contribution in [0, 0.1) is 12.8 Å². The summed E-state index contributed by atoms with van der Waals surface area (Å²) in [6, 6.07) is 12.2. The molecule has 1 aromatic heterocycles. The zero-order chi connectivity index (χ0) is 18.8. The van der Waals surface area contributed by atoms with Gasteiger partial charge in [-0.2, -0.15) is 0 Å². The van der Waals surface area contributed by atoms with Gasteiger partial charge < -0.3 is 14.1 Å². The number of para-hydroxylation sites is 1. The minimum absolute atomic E-state index is 0.0266. The summed E-state index contributed by atoms with van der Waals surface area (Å²) < 4.78 is 12.2. The fraction of sp³-hybridized carbons (Fsp3) is 0.500. The van der Waals surface area contributed by atoms with Crippen LogP contribution in [0.4, 0.5) is 0 Å². The lowest BCUT2D eigenvalue weighted by Crippen LogP contribution is -2.46. The van der Waals surface area contributed by atoms with E-state index in [9.17, 15) is 4.79 Å². The lowest BCUT2D eigenvalue weighted by Gasteiger charge is -2.37. The second-order valence-electron chi connectivity index (χ2n) is 7.81. The van der Waals surface area contributed by atoms with E-state index >= 15 is 0 Å². The summed E-state index contributed by atoms with van der Waals surface area (Å²) >= 11 is 0. The predicted molar refractivity (Wildman–Crippen MR) is 103 cm³/mol. The van der Waals surface area contributed by atoms with Crippen molar-refractivity contribution in [1.82, 2.24) is 9.80 Å². The van der Waals surface area contributed by atoms with Gasteiger partial charge in [-0.05, 0) is 44.5 Å². The first-order valence-electron chi connectivity index (χ1n) is 9.86. The van der Waals surface area contributed by atoms with E-state index in [1.165, 1.54) is 0 Å². The Morgan fingerprint density at radius 1 is 1.19 bits per heavy atom. The molecule has 0 bridgehead atoms. The molecule has 0 radical (unpaired) electrons. The van der Waals surface area contributed by atoms with Crippen molar-refractivity contribution < 1.29 is 13.9 Å². The number of carbonyl (C=O) groups is 1. The second kappa shape index (κ2) is 7.77. The highest BCUT2D eigenvalue weighted by Crippen LogP contribution is 2.31. The quantitative estimate of drug-likeness (QED) is 0.830. The number of hydrogen-bond donors (Lipinski definition) is 0. The summed E-state index contributed by atoms with van der Waals surface area (Å²) in [7, 11) is 0. The number of furan rings is 1. The van der Waals surface area contributed by atoms with Crippen molar-refractivity contribution in [2.45, 2.75) is 45.9 Å². The molecular weight excluding hydrogens is 340 g/mol. The third-order valence-corrected chi connectivity index (χ3v) is 5.70. The van der Waals surface area contributed by atoms with Crippen LogP contribution in [0.2, 0.25) is 0 Å². The van der Waals surface area contributed by atoms with Gasteiger partial charge in [0.1, 0.15) is 23.4 Å². The number of fused-ring (bicyclic) bond motifs is 1. The zero-order valence-electron chi connectivity index (χ0n) is 16.2. The zero-order valence-corrected chi connectivity index (χ0v) is 16.2. The maximum Gasteiger partial charge on any atom is 0.219 e. The minimum atomic E-state index is 0.0266. The molecule has 2 aliphatic heterocycles. The fourth-order valence-electron chi connectivity index (χ4n) is 4.25. The first kappa shape index (κ1) is 18.1. The van der Waals surface area contributed by atoms with Gasteiger partial charge in [0.2, 0.25) is 5.91 Å². The summed E-state index contributed by atoms with van der Waals surface area (Å²) in [4.78, 5) is 16.5. The SMILES string of the molecule is CC(=O)N1Cc2ccccc2O[C@@H]([C@@H]2CCCN(Cc3ccc(C)o3)C2)C1. The highest BCUT2D eigenvalue weighted by Gasteiger charge is 2.33. The maximum absolute atomic E-state index is 12.1. The highest BCUT2D eigenvalue weighted by molar-refractivity contribution is 5.73. The van der Waals surface area contributed by atoms with Gasteiger partial charge in [-0.3, -0.25) is 9.69 Å². The summed E-state index contributed by atoms with van der Waals surface area (Å²) in [6.45, 7) is 7.80. The molecule has 1 amide bonds.